The van der Waals surface area contributed by atoms with Gasteiger partial charge < -0.3 is 5.73 Å². The Labute approximate surface area is 75.9 Å². The molecular formula is C9H10N2S. The summed E-state index contributed by atoms with van der Waals surface area (Å²) in [6, 6.07) is 2.06. The van der Waals surface area contributed by atoms with Crippen LogP contribution in [0.5, 0.6) is 0 Å². The maximum atomic E-state index is 5.55. The molecule has 0 spiro atoms. The van der Waals surface area contributed by atoms with Crippen LogP contribution in [0.4, 0.5) is 0 Å². The average Bonchev–Trinajstić information content (AvgIpc) is 2.17. The lowest BCUT2D eigenvalue weighted by atomic mass is 10.1. The first-order valence-electron chi connectivity index (χ1n) is 3.86. The summed E-state index contributed by atoms with van der Waals surface area (Å²) in [4.78, 5) is 5.32. The largest absolute Gasteiger partial charge is 0.326 e. The smallest absolute Gasteiger partial charge is 0.0343 e. The second-order valence-electron chi connectivity index (χ2n) is 2.68. The SMILES string of the molecule is NCC1=Cc2cnccc2CS1. The topological polar surface area (TPSA) is 38.9 Å². The molecule has 0 radical (unpaired) electrons. The molecule has 0 aromatic carbocycles. The number of hydrogen-bond acceptors (Lipinski definition) is 3. The molecule has 0 amide bonds. The number of hydrogen-bond donors (Lipinski definition) is 1. The second kappa shape index (κ2) is 3.29. The molecule has 0 fully saturated rings. The molecule has 0 bridgehead atoms. The summed E-state index contributed by atoms with van der Waals surface area (Å²) in [6.45, 7) is 0.638. The van der Waals surface area contributed by atoms with Crippen LogP contribution in [0.15, 0.2) is 23.4 Å². The number of rotatable bonds is 1. The third kappa shape index (κ3) is 1.38. The van der Waals surface area contributed by atoms with E-state index in [1.54, 1.807) is 0 Å². The predicted molar refractivity (Wildman–Crippen MR) is 52.6 cm³/mol. The van der Waals surface area contributed by atoms with Crippen molar-refractivity contribution in [2.45, 2.75) is 5.75 Å². The quantitative estimate of drug-likeness (QED) is 0.710. The molecule has 0 unspecified atom stereocenters. The fraction of sp³-hybridized carbons (Fsp3) is 0.222. The van der Waals surface area contributed by atoms with Crippen molar-refractivity contribution >= 4 is 17.8 Å². The van der Waals surface area contributed by atoms with Gasteiger partial charge in [0.15, 0.2) is 0 Å². The molecule has 3 heteroatoms. The van der Waals surface area contributed by atoms with E-state index in [1.807, 2.05) is 24.2 Å². The number of fused-ring (bicyclic) bond motifs is 1. The van der Waals surface area contributed by atoms with Crippen LogP contribution >= 0.6 is 11.8 Å². The van der Waals surface area contributed by atoms with E-state index in [9.17, 15) is 0 Å². The van der Waals surface area contributed by atoms with E-state index in [0.717, 1.165) is 5.75 Å². The van der Waals surface area contributed by atoms with Gasteiger partial charge in [0.25, 0.3) is 0 Å². The van der Waals surface area contributed by atoms with E-state index in [0.29, 0.717) is 6.54 Å². The maximum absolute atomic E-state index is 5.55. The second-order valence-corrected chi connectivity index (χ2v) is 3.78. The van der Waals surface area contributed by atoms with Crippen LogP contribution in [-0.4, -0.2) is 11.5 Å². The van der Waals surface area contributed by atoms with Crippen molar-refractivity contribution in [2.75, 3.05) is 6.54 Å². The van der Waals surface area contributed by atoms with Gasteiger partial charge in [-0.15, -0.1) is 11.8 Å². The molecule has 0 aliphatic carbocycles. The highest BCUT2D eigenvalue weighted by molar-refractivity contribution is 8.02. The molecule has 1 aromatic rings. The fourth-order valence-electron chi connectivity index (χ4n) is 1.20. The van der Waals surface area contributed by atoms with Crippen LogP contribution in [0.25, 0.3) is 6.08 Å². The van der Waals surface area contributed by atoms with E-state index >= 15 is 0 Å². The Balaban J connectivity index is 2.41. The summed E-state index contributed by atoms with van der Waals surface area (Å²) in [6.07, 6.45) is 5.85. The Morgan fingerprint density at radius 1 is 1.58 bits per heavy atom. The number of nitrogens with zero attached hydrogens (tertiary/aromatic N) is 1. The van der Waals surface area contributed by atoms with E-state index < -0.39 is 0 Å². The molecule has 2 heterocycles. The highest BCUT2D eigenvalue weighted by Gasteiger charge is 2.08. The molecule has 1 aromatic heterocycles. The van der Waals surface area contributed by atoms with Crippen molar-refractivity contribution in [3.8, 4) is 0 Å². The fourth-order valence-corrected chi connectivity index (χ4v) is 2.13. The highest BCUT2D eigenvalue weighted by Crippen LogP contribution is 2.29. The van der Waals surface area contributed by atoms with E-state index in [1.165, 1.54) is 16.0 Å². The third-order valence-electron chi connectivity index (χ3n) is 1.88. The van der Waals surface area contributed by atoms with Crippen molar-refractivity contribution < 1.29 is 0 Å². The normalized spacial score (nSPS) is 15.2. The van der Waals surface area contributed by atoms with Gasteiger partial charge in [-0.2, -0.15) is 0 Å². The Hall–Kier alpha value is -0.800. The van der Waals surface area contributed by atoms with E-state index in [-0.39, 0.29) is 0 Å². The standard InChI is InChI=1S/C9H10N2S/c10-4-9-3-8-5-11-2-1-7(8)6-12-9/h1-3,5H,4,6,10H2. The summed E-state index contributed by atoms with van der Waals surface area (Å²) in [7, 11) is 0. The molecule has 0 saturated carbocycles. The number of pyridine rings is 1. The molecule has 62 valence electrons. The van der Waals surface area contributed by atoms with E-state index in [4.69, 9.17) is 5.73 Å². The van der Waals surface area contributed by atoms with Crippen LogP contribution in [-0.2, 0) is 5.75 Å². The molecular weight excluding hydrogens is 168 g/mol. The Morgan fingerprint density at radius 3 is 3.33 bits per heavy atom. The first-order chi connectivity index (χ1) is 5.90. The van der Waals surface area contributed by atoms with Crippen LogP contribution in [0.3, 0.4) is 0 Å². The molecule has 1 aliphatic rings. The minimum atomic E-state index is 0.638. The lowest BCUT2D eigenvalue weighted by Crippen LogP contribution is -2.04. The van der Waals surface area contributed by atoms with Crippen LogP contribution in [0.1, 0.15) is 11.1 Å². The summed E-state index contributed by atoms with van der Waals surface area (Å²) in [5.74, 6) is 1.03. The van der Waals surface area contributed by atoms with Crippen LogP contribution in [0, 0.1) is 0 Å². The molecule has 12 heavy (non-hydrogen) atoms. The van der Waals surface area contributed by atoms with Crippen LogP contribution < -0.4 is 5.73 Å². The Bertz CT molecular complexity index is 320. The third-order valence-corrected chi connectivity index (χ3v) is 2.99. The maximum Gasteiger partial charge on any atom is 0.0343 e. The van der Waals surface area contributed by atoms with Gasteiger partial charge in [0.1, 0.15) is 0 Å². The van der Waals surface area contributed by atoms with Gasteiger partial charge in [0.2, 0.25) is 0 Å². The molecule has 1 aliphatic heterocycles. The minimum Gasteiger partial charge on any atom is -0.326 e. The minimum absolute atomic E-state index is 0.638. The lowest BCUT2D eigenvalue weighted by Gasteiger charge is -2.13. The Kier molecular flexibility index (Phi) is 2.15. The summed E-state index contributed by atoms with van der Waals surface area (Å²) >= 11 is 1.81. The summed E-state index contributed by atoms with van der Waals surface area (Å²) in [5.41, 5.74) is 8.12. The highest BCUT2D eigenvalue weighted by atomic mass is 32.2. The number of thioether (sulfide) groups is 1. The van der Waals surface area contributed by atoms with Gasteiger partial charge in [0, 0.05) is 24.7 Å². The van der Waals surface area contributed by atoms with Crippen molar-refractivity contribution in [1.82, 2.24) is 4.98 Å². The van der Waals surface area contributed by atoms with Gasteiger partial charge >= 0.3 is 0 Å². The summed E-state index contributed by atoms with van der Waals surface area (Å²) < 4.78 is 0. The Morgan fingerprint density at radius 2 is 2.50 bits per heavy atom. The van der Waals surface area contributed by atoms with Crippen molar-refractivity contribution in [1.29, 1.82) is 0 Å². The molecule has 0 saturated heterocycles. The molecule has 2 nitrogen and oxygen atoms in total. The lowest BCUT2D eigenvalue weighted by molar-refractivity contribution is 1.21. The zero-order valence-corrected chi connectivity index (χ0v) is 7.47. The van der Waals surface area contributed by atoms with Crippen molar-refractivity contribution in [3.63, 3.8) is 0 Å². The molecule has 0 atom stereocenters. The number of nitrogens with two attached hydrogens (primary N) is 1. The zero-order valence-electron chi connectivity index (χ0n) is 6.66. The molecule has 2 rings (SSSR count). The van der Waals surface area contributed by atoms with Crippen LogP contribution in [0.2, 0.25) is 0 Å². The van der Waals surface area contributed by atoms with E-state index in [2.05, 4.69) is 17.1 Å². The molecule has 2 N–H and O–H groups in total. The van der Waals surface area contributed by atoms with Gasteiger partial charge in [-0.25, -0.2) is 0 Å². The average molecular weight is 178 g/mol. The predicted octanol–water partition coefficient (Wildman–Crippen LogP) is 1.63. The van der Waals surface area contributed by atoms with Crippen molar-refractivity contribution in [3.05, 3.63) is 34.5 Å². The van der Waals surface area contributed by atoms with Gasteiger partial charge in [0.05, 0.1) is 0 Å². The number of aromatic nitrogens is 1. The van der Waals surface area contributed by atoms with Crippen molar-refractivity contribution in [2.24, 2.45) is 5.73 Å². The van der Waals surface area contributed by atoms with Gasteiger partial charge in [-0.3, -0.25) is 4.98 Å². The first kappa shape index (κ1) is 7.83. The van der Waals surface area contributed by atoms with Gasteiger partial charge in [-0.1, -0.05) is 0 Å². The first-order valence-corrected chi connectivity index (χ1v) is 4.85. The zero-order chi connectivity index (χ0) is 8.39. The van der Waals surface area contributed by atoms with Gasteiger partial charge in [-0.05, 0) is 28.2 Å². The summed E-state index contributed by atoms with van der Waals surface area (Å²) in [5, 5.41) is 0. The monoisotopic (exact) mass is 178 g/mol.